The average Bonchev–Trinajstić information content (AvgIpc) is 2.98. The molecule has 0 aliphatic rings. The van der Waals surface area contributed by atoms with E-state index in [2.05, 4.69) is 34.6 Å². The van der Waals surface area contributed by atoms with Crippen LogP contribution < -0.4 is 16.6 Å². The van der Waals surface area contributed by atoms with Crippen LogP contribution in [0.1, 0.15) is 38.3 Å². The molecule has 0 saturated carbocycles. The van der Waals surface area contributed by atoms with Gasteiger partial charge in [0.2, 0.25) is 0 Å². The largest absolute Gasteiger partial charge is 0.469 e. The van der Waals surface area contributed by atoms with E-state index < -0.39 is 0 Å². The van der Waals surface area contributed by atoms with Gasteiger partial charge in [0.25, 0.3) is 0 Å². The highest BCUT2D eigenvalue weighted by atomic mass is 16.3. The van der Waals surface area contributed by atoms with Gasteiger partial charge in [0.15, 0.2) is 0 Å². The summed E-state index contributed by atoms with van der Waals surface area (Å²) in [6, 6.07) is 6.01. The molecule has 21 heavy (non-hydrogen) atoms. The number of hydrogen-bond acceptors (Lipinski definition) is 6. The third-order valence-electron chi connectivity index (χ3n) is 3.19. The molecule has 1 atom stereocenters. The first-order valence-corrected chi connectivity index (χ1v) is 7.34. The van der Waals surface area contributed by atoms with Crippen molar-refractivity contribution < 1.29 is 4.42 Å². The van der Waals surface area contributed by atoms with E-state index in [0.717, 1.165) is 43.1 Å². The van der Waals surface area contributed by atoms with Crippen molar-refractivity contribution in [2.75, 3.05) is 10.7 Å². The molecule has 6 nitrogen and oxygen atoms in total. The second kappa shape index (κ2) is 7.64. The van der Waals surface area contributed by atoms with E-state index in [1.165, 1.54) is 0 Å². The van der Waals surface area contributed by atoms with Gasteiger partial charge < -0.3 is 15.2 Å². The number of furan rings is 1. The predicted molar refractivity (Wildman–Crippen MR) is 84.0 cm³/mol. The van der Waals surface area contributed by atoms with Crippen LogP contribution in [-0.4, -0.2) is 16.0 Å². The van der Waals surface area contributed by atoms with Crippen LogP contribution in [0, 0.1) is 0 Å². The summed E-state index contributed by atoms with van der Waals surface area (Å²) < 4.78 is 5.34. The number of nitrogens with two attached hydrogens (primary N) is 1. The fourth-order valence-electron chi connectivity index (χ4n) is 2.12. The van der Waals surface area contributed by atoms with Gasteiger partial charge in [-0.05, 0) is 31.9 Å². The molecule has 0 amide bonds. The fourth-order valence-corrected chi connectivity index (χ4v) is 2.12. The van der Waals surface area contributed by atoms with Crippen LogP contribution in [-0.2, 0) is 12.8 Å². The number of anilines is 2. The Morgan fingerprint density at radius 1 is 1.29 bits per heavy atom. The van der Waals surface area contributed by atoms with Gasteiger partial charge in [-0.2, -0.15) is 0 Å². The molecule has 2 rings (SSSR count). The summed E-state index contributed by atoms with van der Waals surface area (Å²) in [6.45, 7) is 4.23. The lowest BCUT2D eigenvalue weighted by atomic mass is 10.1. The third kappa shape index (κ3) is 4.75. The van der Waals surface area contributed by atoms with Gasteiger partial charge in [0.1, 0.15) is 23.2 Å². The Bertz CT molecular complexity index is 541. The number of rotatable bonds is 8. The molecule has 0 fully saturated rings. The molecule has 4 N–H and O–H groups in total. The van der Waals surface area contributed by atoms with Gasteiger partial charge in [-0.25, -0.2) is 15.8 Å². The molecule has 6 heteroatoms. The first kappa shape index (κ1) is 15.3. The van der Waals surface area contributed by atoms with Crippen LogP contribution >= 0.6 is 0 Å². The number of aromatic nitrogens is 2. The van der Waals surface area contributed by atoms with Crippen LogP contribution in [0.25, 0.3) is 0 Å². The van der Waals surface area contributed by atoms with E-state index >= 15 is 0 Å². The van der Waals surface area contributed by atoms with E-state index in [1.54, 1.807) is 6.26 Å². The molecule has 114 valence electrons. The van der Waals surface area contributed by atoms with Crippen molar-refractivity contribution in [2.24, 2.45) is 5.84 Å². The van der Waals surface area contributed by atoms with Crippen LogP contribution in [0.3, 0.4) is 0 Å². The second-order valence-electron chi connectivity index (χ2n) is 5.11. The minimum Gasteiger partial charge on any atom is -0.469 e. The fraction of sp³-hybridized carbons (Fsp3) is 0.467. The average molecular weight is 289 g/mol. The minimum absolute atomic E-state index is 0.283. The highest BCUT2D eigenvalue weighted by molar-refractivity contribution is 5.47. The van der Waals surface area contributed by atoms with Gasteiger partial charge in [0, 0.05) is 24.9 Å². The predicted octanol–water partition coefficient (Wildman–Crippen LogP) is 2.74. The van der Waals surface area contributed by atoms with E-state index in [0.29, 0.717) is 5.82 Å². The highest BCUT2D eigenvalue weighted by Gasteiger charge is 2.08. The maximum absolute atomic E-state index is 5.46. The number of nitrogens with one attached hydrogen (secondary N) is 2. The molecular weight excluding hydrogens is 266 g/mol. The summed E-state index contributed by atoms with van der Waals surface area (Å²) in [4.78, 5) is 8.85. The van der Waals surface area contributed by atoms with Crippen molar-refractivity contribution in [2.45, 2.75) is 45.6 Å². The summed E-state index contributed by atoms with van der Waals surface area (Å²) >= 11 is 0. The summed E-state index contributed by atoms with van der Waals surface area (Å²) in [6.07, 6.45) is 5.41. The van der Waals surface area contributed by atoms with Crippen molar-refractivity contribution in [1.29, 1.82) is 0 Å². The van der Waals surface area contributed by atoms with Crippen molar-refractivity contribution in [3.05, 3.63) is 36.0 Å². The van der Waals surface area contributed by atoms with E-state index in [9.17, 15) is 0 Å². The molecular formula is C15H23N5O. The lowest BCUT2D eigenvalue weighted by Gasteiger charge is -2.15. The Hall–Kier alpha value is -2.08. The van der Waals surface area contributed by atoms with Gasteiger partial charge >= 0.3 is 0 Å². The van der Waals surface area contributed by atoms with Crippen molar-refractivity contribution in [1.82, 2.24) is 9.97 Å². The Labute approximate surface area is 125 Å². The monoisotopic (exact) mass is 289 g/mol. The molecule has 0 aliphatic carbocycles. The van der Waals surface area contributed by atoms with Crippen LogP contribution in [0.15, 0.2) is 28.9 Å². The molecule has 0 aliphatic heterocycles. The number of nitrogens with zero attached hydrogens (tertiary/aromatic N) is 2. The Kier molecular flexibility index (Phi) is 5.57. The molecule has 0 bridgehead atoms. The molecule has 0 aromatic carbocycles. The first-order chi connectivity index (χ1) is 10.2. The normalized spacial score (nSPS) is 12.1. The van der Waals surface area contributed by atoms with Gasteiger partial charge in [-0.15, -0.1) is 0 Å². The van der Waals surface area contributed by atoms with Gasteiger partial charge in [-0.1, -0.05) is 6.92 Å². The van der Waals surface area contributed by atoms with Crippen molar-refractivity contribution in [3.63, 3.8) is 0 Å². The zero-order chi connectivity index (χ0) is 15.1. The zero-order valence-corrected chi connectivity index (χ0v) is 12.6. The Balaban J connectivity index is 1.95. The molecule has 2 heterocycles. The van der Waals surface area contributed by atoms with Crippen molar-refractivity contribution in [3.8, 4) is 0 Å². The summed E-state index contributed by atoms with van der Waals surface area (Å²) in [5.74, 6) is 8.69. The van der Waals surface area contributed by atoms with E-state index in [4.69, 9.17) is 10.3 Å². The molecule has 2 aromatic rings. The number of hydrazine groups is 1. The number of hydrogen-bond donors (Lipinski definition) is 3. The SMILES string of the molecule is CCCc1nc(NN)cc(NC(C)CCc2ccco2)n1. The van der Waals surface area contributed by atoms with Crippen molar-refractivity contribution >= 4 is 11.6 Å². The molecule has 0 spiro atoms. The molecule has 2 aromatic heterocycles. The number of aryl methyl sites for hydroxylation is 2. The lowest BCUT2D eigenvalue weighted by molar-refractivity contribution is 0.495. The zero-order valence-electron chi connectivity index (χ0n) is 12.6. The molecule has 0 radical (unpaired) electrons. The topological polar surface area (TPSA) is 89.0 Å². The van der Waals surface area contributed by atoms with Gasteiger partial charge in [0.05, 0.1) is 6.26 Å². The first-order valence-electron chi connectivity index (χ1n) is 7.34. The summed E-state index contributed by atoms with van der Waals surface area (Å²) in [5, 5.41) is 3.39. The molecule has 1 unspecified atom stereocenters. The summed E-state index contributed by atoms with van der Waals surface area (Å²) in [7, 11) is 0. The minimum atomic E-state index is 0.283. The number of nitrogen functional groups attached to an aromatic ring is 1. The standard InChI is InChI=1S/C15H23N5O/c1-3-5-13-18-14(10-15(19-13)20-16)17-11(2)7-8-12-6-4-9-21-12/h4,6,9-11H,3,5,7-8,16H2,1-2H3,(H2,17,18,19,20). The maximum atomic E-state index is 5.46. The Morgan fingerprint density at radius 2 is 2.10 bits per heavy atom. The quantitative estimate of drug-likeness (QED) is 0.511. The van der Waals surface area contributed by atoms with E-state index in [1.807, 2.05) is 18.2 Å². The van der Waals surface area contributed by atoms with Crippen LogP contribution in [0.2, 0.25) is 0 Å². The van der Waals surface area contributed by atoms with Crippen LogP contribution in [0.4, 0.5) is 11.6 Å². The third-order valence-corrected chi connectivity index (χ3v) is 3.19. The van der Waals surface area contributed by atoms with Gasteiger partial charge in [-0.3, -0.25) is 0 Å². The highest BCUT2D eigenvalue weighted by Crippen LogP contribution is 2.14. The van der Waals surface area contributed by atoms with Crippen LogP contribution in [0.5, 0.6) is 0 Å². The van der Waals surface area contributed by atoms with E-state index in [-0.39, 0.29) is 6.04 Å². The molecule has 0 saturated heterocycles. The summed E-state index contributed by atoms with van der Waals surface area (Å²) in [5.41, 5.74) is 2.59. The maximum Gasteiger partial charge on any atom is 0.145 e. The lowest BCUT2D eigenvalue weighted by Crippen LogP contribution is -2.18. The Morgan fingerprint density at radius 3 is 2.76 bits per heavy atom. The smallest absolute Gasteiger partial charge is 0.145 e. The second-order valence-corrected chi connectivity index (χ2v) is 5.11.